The van der Waals surface area contributed by atoms with Crippen LogP contribution in [-0.4, -0.2) is 77.5 Å². The molecule has 1 saturated heterocycles. The van der Waals surface area contributed by atoms with Gasteiger partial charge in [-0.05, 0) is 43.5 Å². The van der Waals surface area contributed by atoms with Crippen LogP contribution in [-0.2, 0) is 13.1 Å². The Bertz CT molecular complexity index is 957. The molecule has 0 atom stereocenters. The molecule has 3 aliphatic rings. The third-order valence-electron chi connectivity index (χ3n) is 6.53. The van der Waals surface area contributed by atoms with Crippen LogP contribution in [0.4, 0.5) is 5.69 Å². The molecule has 1 aliphatic carbocycles. The van der Waals surface area contributed by atoms with Crippen LogP contribution in [0.5, 0.6) is 0 Å². The SMILES string of the molecule is CN1CCN(c2ccc(CNC(=O)c3cn4c(n3)C(=O)N(CC3CC3)CC4)cc2)CC1. The summed E-state index contributed by atoms with van der Waals surface area (Å²) in [7, 11) is 2.15. The molecule has 5 rings (SSSR count). The van der Waals surface area contributed by atoms with E-state index in [-0.39, 0.29) is 11.8 Å². The molecule has 0 radical (unpaired) electrons. The first-order valence-electron chi connectivity index (χ1n) is 11.2. The van der Waals surface area contributed by atoms with Gasteiger partial charge >= 0.3 is 0 Å². The van der Waals surface area contributed by atoms with Crippen molar-refractivity contribution in [2.45, 2.75) is 25.9 Å². The van der Waals surface area contributed by atoms with Gasteiger partial charge in [0, 0.05) is 64.2 Å². The Hall–Kier alpha value is -2.87. The molecule has 0 unspecified atom stereocenters. The molecule has 2 amide bonds. The number of carbonyl (C=O) groups is 2. The Kier molecular flexibility index (Phi) is 5.40. The number of fused-ring (bicyclic) bond motifs is 1. The highest BCUT2D eigenvalue weighted by Gasteiger charge is 2.32. The number of likely N-dealkylation sites (N-methyl/N-ethyl adjacent to an activating group) is 1. The summed E-state index contributed by atoms with van der Waals surface area (Å²) >= 11 is 0. The van der Waals surface area contributed by atoms with Gasteiger partial charge in [-0.1, -0.05) is 12.1 Å². The average molecular weight is 423 g/mol. The molecule has 2 fully saturated rings. The normalized spacial score (nSPS) is 19.5. The maximum Gasteiger partial charge on any atom is 0.289 e. The Morgan fingerprint density at radius 2 is 1.81 bits per heavy atom. The first-order valence-corrected chi connectivity index (χ1v) is 11.2. The molecule has 2 aromatic rings. The van der Waals surface area contributed by atoms with E-state index in [0.29, 0.717) is 37.1 Å². The zero-order valence-electron chi connectivity index (χ0n) is 18.1. The molecule has 8 heteroatoms. The van der Waals surface area contributed by atoms with E-state index in [1.807, 2.05) is 9.47 Å². The molecular formula is C23H30N6O2. The topological polar surface area (TPSA) is 73.7 Å². The second-order valence-corrected chi connectivity index (χ2v) is 8.98. The zero-order valence-corrected chi connectivity index (χ0v) is 18.1. The fourth-order valence-corrected chi connectivity index (χ4v) is 4.29. The maximum atomic E-state index is 12.7. The van der Waals surface area contributed by atoms with Gasteiger partial charge in [0.2, 0.25) is 0 Å². The van der Waals surface area contributed by atoms with Crippen LogP contribution in [0.15, 0.2) is 30.5 Å². The summed E-state index contributed by atoms with van der Waals surface area (Å²) in [5, 5.41) is 2.94. The summed E-state index contributed by atoms with van der Waals surface area (Å²) in [6, 6.07) is 8.36. The number of nitrogens with one attached hydrogen (secondary N) is 1. The lowest BCUT2D eigenvalue weighted by Gasteiger charge is -2.34. The highest BCUT2D eigenvalue weighted by molar-refractivity contribution is 5.96. The van der Waals surface area contributed by atoms with Crippen molar-refractivity contribution < 1.29 is 9.59 Å². The number of anilines is 1. The van der Waals surface area contributed by atoms with Gasteiger partial charge in [0.05, 0.1) is 0 Å². The molecule has 8 nitrogen and oxygen atoms in total. The number of imidazole rings is 1. The van der Waals surface area contributed by atoms with E-state index >= 15 is 0 Å². The molecule has 0 spiro atoms. The molecule has 1 aromatic carbocycles. The number of rotatable bonds is 6. The smallest absolute Gasteiger partial charge is 0.289 e. The van der Waals surface area contributed by atoms with E-state index in [2.05, 4.69) is 51.4 Å². The van der Waals surface area contributed by atoms with Crippen LogP contribution in [0, 0.1) is 5.92 Å². The molecule has 1 N–H and O–H groups in total. The Labute approximate surface area is 182 Å². The number of nitrogens with zero attached hydrogens (tertiary/aromatic N) is 5. The second kappa shape index (κ2) is 8.34. The van der Waals surface area contributed by atoms with E-state index in [1.54, 1.807) is 6.20 Å². The van der Waals surface area contributed by atoms with Crippen LogP contribution >= 0.6 is 0 Å². The van der Waals surface area contributed by atoms with Crippen molar-refractivity contribution in [1.29, 1.82) is 0 Å². The summed E-state index contributed by atoms with van der Waals surface area (Å²) in [5.41, 5.74) is 2.58. The van der Waals surface area contributed by atoms with E-state index < -0.39 is 0 Å². The molecule has 3 heterocycles. The van der Waals surface area contributed by atoms with E-state index in [1.165, 1.54) is 18.5 Å². The van der Waals surface area contributed by atoms with Gasteiger partial charge in [-0.25, -0.2) is 4.98 Å². The van der Waals surface area contributed by atoms with Gasteiger partial charge in [-0.2, -0.15) is 0 Å². The summed E-state index contributed by atoms with van der Waals surface area (Å²) in [6.45, 7) is 6.87. The van der Waals surface area contributed by atoms with Crippen LogP contribution in [0.1, 0.15) is 39.5 Å². The number of hydrogen-bond acceptors (Lipinski definition) is 5. The minimum atomic E-state index is -0.244. The summed E-state index contributed by atoms with van der Waals surface area (Å²) in [6.07, 6.45) is 4.12. The number of benzene rings is 1. The van der Waals surface area contributed by atoms with Crippen molar-refractivity contribution in [3.63, 3.8) is 0 Å². The number of amides is 2. The summed E-state index contributed by atoms with van der Waals surface area (Å²) in [5.74, 6) is 0.729. The van der Waals surface area contributed by atoms with E-state index in [4.69, 9.17) is 0 Å². The zero-order chi connectivity index (χ0) is 21.4. The highest BCUT2D eigenvalue weighted by Crippen LogP contribution is 2.30. The second-order valence-electron chi connectivity index (χ2n) is 8.98. The lowest BCUT2D eigenvalue weighted by molar-refractivity contribution is 0.0688. The molecule has 1 aromatic heterocycles. The predicted molar refractivity (Wildman–Crippen MR) is 118 cm³/mol. The van der Waals surface area contributed by atoms with Gasteiger partial charge < -0.3 is 24.6 Å². The van der Waals surface area contributed by atoms with Crippen molar-refractivity contribution in [2.75, 3.05) is 51.2 Å². The van der Waals surface area contributed by atoms with Crippen molar-refractivity contribution >= 4 is 17.5 Å². The average Bonchev–Trinajstić information content (AvgIpc) is 3.50. The predicted octanol–water partition coefficient (Wildman–Crippen LogP) is 1.43. The lowest BCUT2D eigenvalue weighted by Crippen LogP contribution is -2.44. The maximum absolute atomic E-state index is 12.7. The van der Waals surface area contributed by atoms with Crippen LogP contribution in [0.3, 0.4) is 0 Å². The van der Waals surface area contributed by atoms with Crippen molar-refractivity contribution in [3.05, 3.63) is 47.5 Å². The van der Waals surface area contributed by atoms with Gasteiger partial charge in [0.1, 0.15) is 5.69 Å². The largest absolute Gasteiger partial charge is 0.369 e. The van der Waals surface area contributed by atoms with E-state index in [0.717, 1.165) is 38.3 Å². The van der Waals surface area contributed by atoms with Crippen molar-refractivity contribution in [1.82, 2.24) is 24.7 Å². The van der Waals surface area contributed by atoms with Gasteiger partial charge in [0.15, 0.2) is 5.82 Å². The first-order chi connectivity index (χ1) is 15.1. The molecule has 31 heavy (non-hydrogen) atoms. The fourth-order valence-electron chi connectivity index (χ4n) is 4.29. The monoisotopic (exact) mass is 422 g/mol. The highest BCUT2D eigenvalue weighted by atomic mass is 16.2. The summed E-state index contributed by atoms with van der Waals surface area (Å²) in [4.78, 5) is 36.3. The number of piperazine rings is 1. The third-order valence-corrected chi connectivity index (χ3v) is 6.53. The summed E-state index contributed by atoms with van der Waals surface area (Å²) < 4.78 is 1.81. The van der Waals surface area contributed by atoms with Gasteiger partial charge in [-0.15, -0.1) is 0 Å². The van der Waals surface area contributed by atoms with Gasteiger partial charge in [0.25, 0.3) is 11.8 Å². The lowest BCUT2D eigenvalue weighted by atomic mass is 10.1. The van der Waals surface area contributed by atoms with Gasteiger partial charge in [-0.3, -0.25) is 9.59 Å². The van der Waals surface area contributed by atoms with Crippen LogP contribution in [0.2, 0.25) is 0 Å². The number of aromatic nitrogens is 2. The quantitative estimate of drug-likeness (QED) is 0.763. The molecule has 1 saturated carbocycles. The minimum Gasteiger partial charge on any atom is -0.369 e. The number of carbonyl (C=O) groups excluding carboxylic acids is 2. The fraction of sp³-hybridized carbons (Fsp3) is 0.522. The molecule has 2 aliphatic heterocycles. The van der Waals surface area contributed by atoms with E-state index in [9.17, 15) is 9.59 Å². The number of hydrogen-bond donors (Lipinski definition) is 1. The van der Waals surface area contributed by atoms with Crippen molar-refractivity contribution in [3.8, 4) is 0 Å². The minimum absolute atomic E-state index is 0.0586. The standard InChI is InChI=1S/C23H30N6O2/c1-26-8-10-27(11-9-26)19-6-4-17(5-7-19)14-24-22(30)20-16-28-12-13-29(15-18-2-3-18)23(31)21(28)25-20/h4-7,16,18H,2-3,8-15H2,1H3,(H,24,30). The molecule has 0 bridgehead atoms. The van der Waals surface area contributed by atoms with Crippen LogP contribution < -0.4 is 10.2 Å². The Morgan fingerprint density at radius 3 is 2.52 bits per heavy atom. The van der Waals surface area contributed by atoms with Crippen molar-refractivity contribution in [2.24, 2.45) is 5.92 Å². The third kappa shape index (κ3) is 4.44. The molecule has 164 valence electrons. The Morgan fingerprint density at radius 1 is 1.06 bits per heavy atom. The Balaban J connectivity index is 1.17. The molecular weight excluding hydrogens is 392 g/mol. The first kappa shape index (κ1) is 20.1. The van der Waals surface area contributed by atoms with Crippen LogP contribution in [0.25, 0.3) is 0 Å².